The molecule has 0 fully saturated rings. The highest BCUT2D eigenvalue weighted by molar-refractivity contribution is 6.29. The summed E-state index contributed by atoms with van der Waals surface area (Å²) in [5, 5.41) is 0.432. The Kier molecular flexibility index (Phi) is 3.11. The largest absolute Gasteiger partial charge is 0.439 e. The number of hydrogen-bond acceptors (Lipinski definition) is 2. The topological polar surface area (TPSA) is 22.1 Å². The van der Waals surface area contributed by atoms with Crippen molar-refractivity contribution in [3.05, 3.63) is 52.7 Å². The van der Waals surface area contributed by atoms with Gasteiger partial charge in [0.1, 0.15) is 10.9 Å². The highest BCUT2D eigenvalue weighted by atomic mass is 35.5. The Balaban J connectivity index is 2.27. The van der Waals surface area contributed by atoms with Gasteiger partial charge >= 0.3 is 0 Å². The predicted octanol–water partition coefficient (Wildman–Crippen LogP) is 4.14. The molecule has 0 atom stereocenters. The molecule has 0 aliphatic rings. The van der Waals surface area contributed by atoms with Crippen molar-refractivity contribution in [2.75, 3.05) is 0 Å². The molecule has 2 aromatic rings. The summed E-state index contributed by atoms with van der Waals surface area (Å²) in [5.41, 5.74) is 2.33. The monoisotopic (exact) mass is 233 g/mol. The van der Waals surface area contributed by atoms with Gasteiger partial charge in [-0.2, -0.15) is 0 Å². The van der Waals surface area contributed by atoms with Crippen molar-refractivity contribution in [3.63, 3.8) is 0 Å². The SMILES string of the molecule is Cc1cc(C)cc(Oc2cccc(Cl)n2)c1. The van der Waals surface area contributed by atoms with E-state index >= 15 is 0 Å². The lowest BCUT2D eigenvalue weighted by Crippen LogP contribution is -1.89. The van der Waals surface area contributed by atoms with E-state index in [4.69, 9.17) is 16.3 Å². The van der Waals surface area contributed by atoms with Crippen molar-refractivity contribution in [2.45, 2.75) is 13.8 Å². The number of pyridine rings is 1. The second-order valence-electron chi connectivity index (χ2n) is 3.72. The molecular weight excluding hydrogens is 222 g/mol. The molecule has 0 bridgehead atoms. The summed E-state index contributed by atoms with van der Waals surface area (Å²) in [6.07, 6.45) is 0. The molecule has 1 heterocycles. The Morgan fingerprint density at radius 1 is 1.06 bits per heavy atom. The van der Waals surface area contributed by atoms with Crippen molar-refractivity contribution < 1.29 is 4.74 Å². The number of hydrogen-bond donors (Lipinski definition) is 0. The minimum absolute atomic E-state index is 0.432. The van der Waals surface area contributed by atoms with Gasteiger partial charge in [0.15, 0.2) is 0 Å². The van der Waals surface area contributed by atoms with Crippen molar-refractivity contribution in [1.29, 1.82) is 0 Å². The summed E-state index contributed by atoms with van der Waals surface area (Å²) < 4.78 is 5.63. The molecule has 3 heteroatoms. The molecule has 1 aromatic heterocycles. The molecule has 0 N–H and O–H groups in total. The summed E-state index contributed by atoms with van der Waals surface area (Å²) in [6.45, 7) is 4.07. The summed E-state index contributed by atoms with van der Waals surface area (Å²) in [5.74, 6) is 1.30. The second-order valence-corrected chi connectivity index (χ2v) is 4.11. The fourth-order valence-corrected chi connectivity index (χ4v) is 1.72. The van der Waals surface area contributed by atoms with Crippen LogP contribution in [0.25, 0.3) is 0 Å². The Morgan fingerprint density at radius 2 is 1.75 bits per heavy atom. The molecule has 2 nitrogen and oxygen atoms in total. The average Bonchev–Trinajstić information content (AvgIpc) is 2.15. The van der Waals surface area contributed by atoms with Gasteiger partial charge in [0, 0.05) is 6.07 Å². The fourth-order valence-electron chi connectivity index (χ4n) is 1.56. The standard InChI is InChI=1S/C13H12ClNO/c1-9-6-10(2)8-11(7-9)16-13-5-3-4-12(14)15-13/h3-8H,1-2H3. The van der Waals surface area contributed by atoms with Crippen LogP contribution in [-0.4, -0.2) is 4.98 Å². The van der Waals surface area contributed by atoms with Crippen LogP contribution in [0, 0.1) is 13.8 Å². The summed E-state index contributed by atoms with van der Waals surface area (Å²) in [6, 6.07) is 11.3. The van der Waals surface area contributed by atoms with Crippen molar-refractivity contribution >= 4 is 11.6 Å². The highest BCUT2D eigenvalue weighted by Crippen LogP contribution is 2.23. The second kappa shape index (κ2) is 4.54. The third-order valence-electron chi connectivity index (χ3n) is 2.11. The molecule has 2 rings (SSSR count). The molecule has 0 aliphatic carbocycles. The van der Waals surface area contributed by atoms with Gasteiger partial charge in [-0.25, -0.2) is 4.98 Å². The Labute approximate surface area is 99.9 Å². The number of ether oxygens (including phenoxy) is 1. The van der Waals surface area contributed by atoms with Gasteiger partial charge in [-0.05, 0) is 43.2 Å². The lowest BCUT2D eigenvalue weighted by atomic mass is 10.1. The number of rotatable bonds is 2. The van der Waals surface area contributed by atoms with E-state index in [-0.39, 0.29) is 0 Å². The van der Waals surface area contributed by atoms with Gasteiger partial charge in [0.2, 0.25) is 5.88 Å². The molecule has 0 unspecified atom stereocenters. The van der Waals surface area contributed by atoms with E-state index in [1.165, 1.54) is 0 Å². The van der Waals surface area contributed by atoms with E-state index in [0.717, 1.165) is 16.9 Å². The summed E-state index contributed by atoms with van der Waals surface area (Å²) >= 11 is 5.78. The van der Waals surface area contributed by atoms with Crippen LogP contribution >= 0.6 is 11.6 Å². The van der Waals surface area contributed by atoms with Crippen LogP contribution in [0.3, 0.4) is 0 Å². The number of aryl methyl sites for hydroxylation is 2. The van der Waals surface area contributed by atoms with Crippen molar-refractivity contribution in [2.24, 2.45) is 0 Å². The van der Waals surface area contributed by atoms with E-state index in [9.17, 15) is 0 Å². The molecule has 0 aliphatic heterocycles. The fraction of sp³-hybridized carbons (Fsp3) is 0.154. The van der Waals surface area contributed by atoms with Crippen LogP contribution in [0.1, 0.15) is 11.1 Å². The number of nitrogens with zero attached hydrogens (tertiary/aromatic N) is 1. The van der Waals surface area contributed by atoms with Gasteiger partial charge in [0.25, 0.3) is 0 Å². The van der Waals surface area contributed by atoms with Crippen LogP contribution in [0.4, 0.5) is 0 Å². The lowest BCUT2D eigenvalue weighted by Gasteiger charge is -2.06. The maximum Gasteiger partial charge on any atom is 0.220 e. The average molecular weight is 234 g/mol. The first-order valence-corrected chi connectivity index (χ1v) is 5.40. The maximum absolute atomic E-state index is 5.78. The molecule has 0 saturated carbocycles. The zero-order valence-corrected chi connectivity index (χ0v) is 9.95. The van der Waals surface area contributed by atoms with Crippen LogP contribution in [-0.2, 0) is 0 Å². The Morgan fingerprint density at radius 3 is 2.38 bits per heavy atom. The first-order chi connectivity index (χ1) is 7.63. The predicted molar refractivity (Wildman–Crippen MR) is 65.2 cm³/mol. The van der Waals surface area contributed by atoms with E-state index in [1.54, 1.807) is 12.1 Å². The minimum Gasteiger partial charge on any atom is -0.439 e. The van der Waals surface area contributed by atoms with Crippen molar-refractivity contribution in [3.8, 4) is 11.6 Å². The molecule has 0 saturated heterocycles. The van der Waals surface area contributed by atoms with E-state index in [2.05, 4.69) is 11.1 Å². The number of benzene rings is 1. The molecular formula is C13H12ClNO. The number of aromatic nitrogens is 1. The lowest BCUT2D eigenvalue weighted by molar-refractivity contribution is 0.462. The van der Waals surface area contributed by atoms with Gasteiger partial charge in [-0.1, -0.05) is 23.7 Å². The van der Waals surface area contributed by atoms with Crippen LogP contribution < -0.4 is 4.74 Å². The van der Waals surface area contributed by atoms with Crippen LogP contribution in [0.2, 0.25) is 5.15 Å². The normalized spacial score (nSPS) is 10.2. The van der Waals surface area contributed by atoms with E-state index in [0.29, 0.717) is 11.0 Å². The van der Waals surface area contributed by atoms with E-state index < -0.39 is 0 Å². The number of halogens is 1. The van der Waals surface area contributed by atoms with Crippen molar-refractivity contribution in [1.82, 2.24) is 4.98 Å². The molecule has 16 heavy (non-hydrogen) atoms. The first-order valence-electron chi connectivity index (χ1n) is 5.02. The van der Waals surface area contributed by atoms with Gasteiger partial charge in [0.05, 0.1) is 0 Å². The molecule has 0 radical (unpaired) electrons. The minimum atomic E-state index is 0.432. The van der Waals surface area contributed by atoms with Gasteiger partial charge in [-0.3, -0.25) is 0 Å². The zero-order valence-electron chi connectivity index (χ0n) is 9.20. The summed E-state index contributed by atoms with van der Waals surface area (Å²) in [4.78, 5) is 4.07. The third kappa shape index (κ3) is 2.74. The maximum atomic E-state index is 5.78. The third-order valence-corrected chi connectivity index (χ3v) is 2.32. The summed E-state index contributed by atoms with van der Waals surface area (Å²) in [7, 11) is 0. The molecule has 0 amide bonds. The zero-order chi connectivity index (χ0) is 11.5. The van der Waals surface area contributed by atoms with E-state index in [1.807, 2.05) is 32.0 Å². The molecule has 0 spiro atoms. The Hall–Kier alpha value is -1.54. The molecule has 1 aromatic carbocycles. The highest BCUT2D eigenvalue weighted by Gasteiger charge is 2.00. The smallest absolute Gasteiger partial charge is 0.220 e. The quantitative estimate of drug-likeness (QED) is 0.728. The Bertz CT molecular complexity index is 491. The molecule has 82 valence electrons. The van der Waals surface area contributed by atoms with Gasteiger partial charge < -0.3 is 4.74 Å². The van der Waals surface area contributed by atoms with Crippen LogP contribution in [0.5, 0.6) is 11.6 Å². The van der Waals surface area contributed by atoms with Gasteiger partial charge in [-0.15, -0.1) is 0 Å². The first kappa shape index (κ1) is 11.0. The van der Waals surface area contributed by atoms with Crippen LogP contribution in [0.15, 0.2) is 36.4 Å².